The Morgan fingerprint density at radius 3 is 2.74 bits per heavy atom. The highest BCUT2D eigenvalue weighted by Crippen LogP contribution is 2.34. The third-order valence-corrected chi connectivity index (χ3v) is 6.36. The first-order valence-electron chi connectivity index (χ1n) is 9.75. The van der Waals surface area contributed by atoms with Crippen LogP contribution in [0.15, 0.2) is 24.3 Å². The summed E-state index contributed by atoms with van der Waals surface area (Å²) in [5.41, 5.74) is 0.162. The van der Waals surface area contributed by atoms with Crippen LogP contribution in [0, 0.1) is 0 Å². The number of nitrogens with one attached hydrogen (secondary N) is 1. The largest absolute Gasteiger partial charge is 0.376 e. The molecule has 3 aliphatic heterocycles. The van der Waals surface area contributed by atoms with Crippen molar-refractivity contribution in [2.45, 2.75) is 50.4 Å². The monoisotopic (exact) mass is 391 g/mol. The van der Waals surface area contributed by atoms with E-state index >= 15 is 0 Å². The SMILES string of the molecule is CC1NC2(CCN(C(=O)c3ccccc3Cl)CC2)N(CC2CCCO2)C1=O. The zero-order chi connectivity index (χ0) is 19.0. The van der Waals surface area contributed by atoms with Gasteiger partial charge in [0.1, 0.15) is 0 Å². The van der Waals surface area contributed by atoms with Crippen molar-refractivity contribution in [3.63, 3.8) is 0 Å². The first-order chi connectivity index (χ1) is 13.0. The molecule has 2 atom stereocenters. The van der Waals surface area contributed by atoms with Crippen LogP contribution in [-0.4, -0.2) is 65.7 Å². The van der Waals surface area contributed by atoms with Crippen molar-refractivity contribution in [3.05, 3.63) is 34.9 Å². The summed E-state index contributed by atoms with van der Waals surface area (Å²) in [4.78, 5) is 29.4. The summed E-state index contributed by atoms with van der Waals surface area (Å²) in [6.07, 6.45) is 3.62. The van der Waals surface area contributed by atoms with Gasteiger partial charge < -0.3 is 14.5 Å². The smallest absolute Gasteiger partial charge is 0.255 e. The molecule has 6 nitrogen and oxygen atoms in total. The highest BCUT2D eigenvalue weighted by atomic mass is 35.5. The van der Waals surface area contributed by atoms with E-state index in [0.717, 1.165) is 19.4 Å². The standard InChI is InChI=1S/C20H26ClN3O3/c1-14-18(25)24(13-15-5-4-12-27-15)20(22-14)8-10-23(11-9-20)19(26)16-6-2-3-7-17(16)21/h2-3,6-7,14-15,22H,4-5,8-13H2,1H3. The van der Waals surface area contributed by atoms with Crippen molar-refractivity contribution in [2.24, 2.45) is 0 Å². The van der Waals surface area contributed by atoms with Crippen molar-refractivity contribution in [1.82, 2.24) is 15.1 Å². The summed E-state index contributed by atoms with van der Waals surface area (Å²) >= 11 is 6.19. The second-order valence-corrected chi connectivity index (χ2v) is 8.16. The minimum atomic E-state index is -0.375. The van der Waals surface area contributed by atoms with Crippen LogP contribution in [0.5, 0.6) is 0 Å². The number of hydrogen-bond acceptors (Lipinski definition) is 4. The first kappa shape index (κ1) is 18.7. The summed E-state index contributed by atoms with van der Waals surface area (Å²) in [5, 5.41) is 3.99. The van der Waals surface area contributed by atoms with E-state index in [4.69, 9.17) is 16.3 Å². The van der Waals surface area contributed by atoms with Gasteiger partial charge in [-0.1, -0.05) is 23.7 Å². The third kappa shape index (κ3) is 3.46. The van der Waals surface area contributed by atoms with Crippen molar-refractivity contribution < 1.29 is 14.3 Å². The van der Waals surface area contributed by atoms with Crippen LogP contribution < -0.4 is 5.32 Å². The molecule has 0 aromatic heterocycles. The van der Waals surface area contributed by atoms with Crippen LogP contribution in [0.2, 0.25) is 5.02 Å². The Bertz CT molecular complexity index is 727. The van der Waals surface area contributed by atoms with E-state index in [0.29, 0.717) is 43.1 Å². The average molecular weight is 392 g/mol. The van der Waals surface area contributed by atoms with Gasteiger partial charge in [0.05, 0.1) is 28.4 Å². The number of likely N-dealkylation sites (tertiary alicyclic amines) is 1. The van der Waals surface area contributed by atoms with Gasteiger partial charge in [0.15, 0.2) is 0 Å². The molecule has 4 rings (SSSR count). The fourth-order valence-corrected chi connectivity index (χ4v) is 4.76. The second-order valence-electron chi connectivity index (χ2n) is 7.75. The topological polar surface area (TPSA) is 61.9 Å². The number of carbonyl (C=O) groups excluding carboxylic acids is 2. The Balaban J connectivity index is 1.46. The van der Waals surface area contributed by atoms with Gasteiger partial charge in [-0.15, -0.1) is 0 Å². The predicted octanol–water partition coefficient (Wildman–Crippen LogP) is 2.27. The Morgan fingerprint density at radius 2 is 2.07 bits per heavy atom. The highest BCUT2D eigenvalue weighted by Gasteiger charge is 2.51. The number of halogens is 1. The molecular formula is C20H26ClN3O3. The molecule has 3 saturated heterocycles. The van der Waals surface area contributed by atoms with Gasteiger partial charge in [-0.2, -0.15) is 0 Å². The number of hydrogen-bond donors (Lipinski definition) is 1. The summed E-state index contributed by atoms with van der Waals surface area (Å²) in [5.74, 6) is 0.0925. The molecule has 3 heterocycles. The van der Waals surface area contributed by atoms with Crippen molar-refractivity contribution in [2.75, 3.05) is 26.2 Å². The molecule has 0 bridgehead atoms. The lowest BCUT2D eigenvalue weighted by Crippen LogP contribution is -2.60. The summed E-state index contributed by atoms with van der Waals surface area (Å²) in [6, 6.07) is 6.95. The van der Waals surface area contributed by atoms with E-state index in [2.05, 4.69) is 5.32 Å². The quantitative estimate of drug-likeness (QED) is 0.858. The van der Waals surface area contributed by atoms with Gasteiger partial charge in [0, 0.05) is 39.1 Å². The molecule has 1 N–H and O–H groups in total. The number of piperidine rings is 1. The summed E-state index contributed by atoms with van der Waals surface area (Å²) < 4.78 is 5.76. The van der Waals surface area contributed by atoms with E-state index in [9.17, 15) is 9.59 Å². The Morgan fingerprint density at radius 1 is 1.33 bits per heavy atom. The molecule has 3 fully saturated rings. The number of benzene rings is 1. The molecule has 146 valence electrons. The number of amides is 2. The lowest BCUT2D eigenvalue weighted by Gasteiger charge is -2.45. The Hall–Kier alpha value is -1.63. The molecule has 0 radical (unpaired) electrons. The third-order valence-electron chi connectivity index (χ3n) is 6.03. The minimum absolute atomic E-state index is 0.0431. The van der Waals surface area contributed by atoms with Gasteiger partial charge in [0.2, 0.25) is 5.91 Å². The van der Waals surface area contributed by atoms with E-state index in [-0.39, 0.29) is 29.6 Å². The van der Waals surface area contributed by atoms with Crippen LogP contribution in [0.25, 0.3) is 0 Å². The van der Waals surface area contributed by atoms with Crippen LogP contribution in [0.1, 0.15) is 43.0 Å². The van der Waals surface area contributed by atoms with E-state index in [1.54, 1.807) is 12.1 Å². The Labute approximate surface area is 164 Å². The van der Waals surface area contributed by atoms with Crippen molar-refractivity contribution >= 4 is 23.4 Å². The molecule has 0 aliphatic carbocycles. The summed E-state index contributed by atoms with van der Waals surface area (Å²) in [7, 11) is 0. The minimum Gasteiger partial charge on any atom is -0.376 e. The molecule has 1 aromatic rings. The van der Waals surface area contributed by atoms with Crippen molar-refractivity contribution in [1.29, 1.82) is 0 Å². The lowest BCUT2D eigenvalue weighted by atomic mass is 9.94. The molecule has 2 unspecified atom stereocenters. The zero-order valence-electron chi connectivity index (χ0n) is 15.6. The maximum Gasteiger partial charge on any atom is 0.255 e. The average Bonchev–Trinajstić information content (AvgIpc) is 3.26. The number of nitrogens with zero attached hydrogens (tertiary/aromatic N) is 2. The number of carbonyl (C=O) groups is 2. The molecule has 2 amide bonds. The van der Waals surface area contributed by atoms with E-state index < -0.39 is 0 Å². The van der Waals surface area contributed by atoms with Gasteiger partial charge in [0.25, 0.3) is 5.91 Å². The van der Waals surface area contributed by atoms with Gasteiger partial charge in [-0.3, -0.25) is 14.9 Å². The fourth-order valence-electron chi connectivity index (χ4n) is 4.54. The molecular weight excluding hydrogens is 366 g/mol. The molecule has 0 saturated carbocycles. The Kier molecular flexibility index (Phi) is 5.14. The second kappa shape index (κ2) is 7.41. The molecule has 7 heteroatoms. The van der Waals surface area contributed by atoms with Crippen LogP contribution in [0.4, 0.5) is 0 Å². The normalized spacial score (nSPS) is 27.6. The molecule has 1 spiro atoms. The first-order valence-corrected chi connectivity index (χ1v) is 10.1. The fraction of sp³-hybridized carbons (Fsp3) is 0.600. The number of ether oxygens (including phenoxy) is 1. The lowest BCUT2D eigenvalue weighted by molar-refractivity contribution is -0.135. The van der Waals surface area contributed by atoms with Crippen LogP contribution >= 0.6 is 11.6 Å². The van der Waals surface area contributed by atoms with Gasteiger partial charge in [-0.25, -0.2) is 0 Å². The highest BCUT2D eigenvalue weighted by molar-refractivity contribution is 6.33. The molecule has 3 aliphatic rings. The van der Waals surface area contributed by atoms with Crippen molar-refractivity contribution in [3.8, 4) is 0 Å². The number of rotatable bonds is 3. The molecule has 1 aromatic carbocycles. The predicted molar refractivity (Wildman–Crippen MR) is 103 cm³/mol. The molecule has 27 heavy (non-hydrogen) atoms. The maximum absolute atomic E-state index is 12.8. The van der Waals surface area contributed by atoms with Crippen LogP contribution in [-0.2, 0) is 9.53 Å². The zero-order valence-corrected chi connectivity index (χ0v) is 16.4. The van der Waals surface area contributed by atoms with Crippen LogP contribution in [0.3, 0.4) is 0 Å². The van der Waals surface area contributed by atoms with E-state index in [1.807, 2.05) is 28.9 Å². The maximum atomic E-state index is 12.8. The van der Waals surface area contributed by atoms with E-state index in [1.165, 1.54) is 0 Å². The van der Waals surface area contributed by atoms with Gasteiger partial charge in [-0.05, 0) is 31.9 Å². The van der Waals surface area contributed by atoms with Gasteiger partial charge >= 0.3 is 0 Å². The summed E-state index contributed by atoms with van der Waals surface area (Å²) in [6.45, 7) is 4.52.